The Hall–Kier alpha value is -3.11. The van der Waals surface area contributed by atoms with E-state index in [9.17, 15) is 0 Å². The first kappa shape index (κ1) is 31.3. The highest BCUT2D eigenvalue weighted by Crippen LogP contribution is 2.42. The monoisotopic (exact) mass is 595 g/mol. The fourth-order valence-electron chi connectivity index (χ4n) is 6.42. The van der Waals surface area contributed by atoms with Crippen LogP contribution < -0.4 is 15.0 Å². The van der Waals surface area contributed by atoms with Crippen molar-refractivity contribution in [1.29, 1.82) is 0 Å². The molecule has 0 spiro atoms. The molecule has 10 heteroatoms. The largest absolute Gasteiger partial charge is 0.479 e. The van der Waals surface area contributed by atoms with E-state index in [1.165, 1.54) is 0 Å². The minimum atomic E-state index is -2.88. The van der Waals surface area contributed by atoms with Gasteiger partial charge in [0.15, 0.2) is 5.65 Å². The van der Waals surface area contributed by atoms with Crippen molar-refractivity contribution in [2.75, 3.05) is 56.6 Å². The van der Waals surface area contributed by atoms with Crippen LogP contribution in [0.2, 0.25) is 0 Å². The van der Waals surface area contributed by atoms with Crippen LogP contribution in [0.15, 0.2) is 30.3 Å². The number of ether oxygens (including phenoxy) is 1. The molecule has 0 amide bonds. The molecular weight excluding hydrogens is 548 g/mol. The van der Waals surface area contributed by atoms with Crippen LogP contribution in [0.4, 0.5) is 20.3 Å². The summed E-state index contributed by atoms with van der Waals surface area (Å²) in [7, 11) is 1.63. The van der Waals surface area contributed by atoms with Gasteiger partial charge in [0.2, 0.25) is 5.88 Å². The van der Waals surface area contributed by atoms with Gasteiger partial charge in [-0.3, -0.25) is 4.90 Å². The maximum absolute atomic E-state index is 15.8. The second kappa shape index (κ2) is 12.9. The summed E-state index contributed by atoms with van der Waals surface area (Å²) in [5, 5.41) is 4.27. The number of hydrogen-bond acceptors (Lipinski definition) is 8. The third-order valence-electron chi connectivity index (χ3n) is 9.22. The van der Waals surface area contributed by atoms with Gasteiger partial charge in [0.05, 0.1) is 12.5 Å². The second-order valence-corrected chi connectivity index (χ2v) is 12.6. The number of nitrogens with one attached hydrogen (secondary N) is 1. The summed E-state index contributed by atoms with van der Waals surface area (Å²) in [6.07, 6.45) is 1.00. The molecule has 1 N–H and O–H groups in total. The quantitative estimate of drug-likeness (QED) is 0.311. The molecule has 4 heterocycles. The molecule has 2 aliphatic rings. The Morgan fingerprint density at radius 3 is 2.16 bits per heavy atom. The van der Waals surface area contributed by atoms with E-state index in [4.69, 9.17) is 14.7 Å². The summed E-state index contributed by atoms with van der Waals surface area (Å²) in [5.41, 5.74) is 2.32. The summed E-state index contributed by atoms with van der Waals surface area (Å²) in [6.45, 7) is 17.6. The van der Waals surface area contributed by atoms with Crippen molar-refractivity contribution in [3.63, 3.8) is 0 Å². The zero-order valence-electron chi connectivity index (χ0n) is 26.7. The molecule has 0 aliphatic carbocycles. The van der Waals surface area contributed by atoms with E-state index >= 15 is 8.78 Å². The lowest BCUT2D eigenvalue weighted by molar-refractivity contribution is -0.0876. The zero-order valence-corrected chi connectivity index (χ0v) is 26.7. The molecule has 234 valence electrons. The molecular formula is C33H47F2N7O. The van der Waals surface area contributed by atoms with E-state index in [1.54, 1.807) is 25.3 Å². The van der Waals surface area contributed by atoms with Crippen molar-refractivity contribution in [2.45, 2.75) is 78.4 Å². The van der Waals surface area contributed by atoms with Crippen LogP contribution in [0.3, 0.4) is 0 Å². The molecule has 0 radical (unpaired) electrons. The van der Waals surface area contributed by atoms with Crippen molar-refractivity contribution in [2.24, 2.45) is 5.92 Å². The third kappa shape index (κ3) is 6.70. The lowest BCUT2D eigenvalue weighted by Gasteiger charge is -2.38. The average molecular weight is 596 g/mol. The van der Waals surface area contributed by atoms with E-state index in [1.807, 2.05) is 19.9 Å². The zero-order chi connectivity index (χ0) is 30.9. The van der Waals surface area contributed by atoms with Crippen LogP contribution in [0.1, 0.15) is 70.5 Å². The van der Waals surface area contributed by atoms with Gasteiger partial charge in [-0.25, -0.2) is 18.7 Å². The Labute approximate surface area is 254 Å². The summed E-state index contributed by atoms with van der Waals surface area (Å²) in [5.74, 6) is -1.80. The number of alkyl halides is 2. The number of pyridine rings is 1. The fraction of sp³-hybridized carbons (Fsp3) is 0.606. The van der Waals surface area contributed by atoms with Gasteiger partial charge >= 0.3 is 0 Å². The first-order valence-corrected chi connectivity index (χ1v) is 15.7. The Morgan fingerprint density at radius 2 is 1.53 bits per heavy atom. The molecule has 3 aromatic rings. The molecule has 2 aliphatic heterocycles. The van der Waals surface area contributed by atoms with Crippen LogP contribution in [0.25, 0.3) is 11.0 Å². The molecule has 0 bridgehead atoms. The normalized spacial score (nSPS) is 18.5. The molecule has 2 aromatic heterocycles. The summed E-state index contributed by atoms with van der Waals surface area (Å²) < 4.78 is 37.3. The van der Waals surface area contributed by atoms with Gasteiger partial charge < -0.3 is 19.9 Å². The minimum Gasteiger partial charge on any atom is -0.479 e. The van der Waals surface area contributed by atoms with Crippen LogP contribution in [-0.2, 0) is 5.92 Å². The maximum Gasteiger partial charge on any atom is 0.276 e. The number of hydrogen-bond donors (Lipinski definition) is 1. The van der Waals surface area contributed by atoms with Gasteiger partial charge in [-0.1, -0.05) is 18.2 Å². The summed E-state index contributed by atoms with van der Waals surface area (Å²) >= 11 is 0. The van der Waals surface area contributed by atoms with Gasteiger partial charge in [-0.2, -0.15) is 4.98 Å². The van der Waals surface area contributed by atoms with E-state index in [-0.39, 0.29) is 11.6 Å². The number of benzene rings is 1. The minimum absolute atomic E-state index is 0.0830. The number of aryl methyl sites for hydroxylation is 1. The first-order chi connectivity index (χ1) is 20.5. The summed E-state index contributed by atoms with van der Waals surface area (Å²) in [6, 6.07) is 9.53. The van der Waals surface area contributed by atoms with E-state index in [2.05, 4.69) is 58.8 Å². The SMILES string of the molecule is COc1nc2nc(C)nc(N[C@H](C)c3cccc(C(F)(F)C4CCN(C(C)C)CC4)c3)c2cc1N1CCN(C(C)C)CC1. The van der Waals surface area contributed by atoms with E-state index < -0.39 is 11.8 Å². The lowest BCUT2D eigenvalue weighted by Crippen LogP contribution is -2.49. The summed E-state index contributed by atoms with van der Waals surface area (Å²) in [4.78, 5) is 21.1. The molecule has 1 atom stereocenters. The average Bonchev–Trinajstić information content (AvgIpc) is 3.00. The lowest BCUT2D eigenvalue weighted by atomic mass is 9.85. The highest BCUT2D eigenvalue weighted by molar-refractivity contribution is 5.90. The molecule has 0 saturated carbocycles. The molecule has 0 unspecified atom stereocenters. The number of piperazine rings is 1. The molecule has 1 aromatic carbocycles. The van der Waals surface area contributed by atoms with Crippen molar-refractivity contribution >= 4 is 22.5 Å². The predicted molar refractivity (Wildman–Crippen MR) is 169 cm³/mol. The smallest absolute Gasteiger partial charge is 0.276 e. The number of rotatable bonds is 9. The number of nitrogens with zero attached hydrogens (tertiary/aromatic N) is 6. The molecule has 5 rings (SSSR count). The number of fused-ring (bicyclic) bond motifs is 1. The van der Waals surface area contributed by atoms with Gasteiger partial charge in [0.1, 0.15) is 17.3 Å². The topological polar surface area (TPSA) is 69.7 Å². The number of halogens is 2. The Morgan fingerprint density at radius 1 is 0.884 bits per heavy atom. The molecule has 43 heavy (non-hydrogen) atoms. The van der Waals surface area contributed by atoms with Gasteiger partial charge in [0, 0.05) is 55.8 Å². The number of anilines is 2. The van der Waals surface area contributed by atoms with Crippen molar-refractivity contribution in [3.8, 4) is 5.88 Å². The highest BCUT2D eigenvalue weighted by Gasteiger charge is 2.43. The van der Waals surface area contributed by atoms with E-state index in [0.29, 0.717) is 61.2 Å². The van der Waals surface area contributed by atoms with Crippen molar-refractivity contribution in [1.82, 2.24) is 24.8 Å². The number of likely N-dealkylation sites (tertiary alicyclic amines) is 1. The van der Waals surface area contributed by atoms with Crippen molar-refractivity contribution in [3.05, 3.63) is 47.3 Å². The Balaban J connectivity index is 1.39. The van der Waals surface area contributed by atoms with E-state index in [0.717, 1.165) is 42.8 Å². The van der Waals surface area contributed by atoms with Gasteiger partial charge in [-0.15, -0.1) is 0 Å². The van der Waals surface area contributed by atoms with Gasteiger partial charge in [-0.05, 0) is 85.2 Å². The van der Waals surface area contributed by atoms with Crippen LogP contribution >= 0.6 is 0 Å². The van der Waals surface area contributed by atoms with Crippen molar-refractivity contribution < 1.29 is 13.5 Å². The first-order valence-electron chi connectivity index (χ1n) is 15.7. The third-order valence-corrected chi connectivity index (χ3v) is 9.22. The fourth-order valence-corrected chi connectivity index (χ4v) is 6.42. The second-order valence-electron chi connectivity index (χ2n) is 12.6. The Kier molecular flexibility index (Phi) is 9.37. The molecule has 2 saturated heterocycles. The van der Waals surface area contributed by atoms with Crippen LogP contribution in [-0.4, -0.2) is 83.2 Å². The standard InChI is InChI=1S/C33H47F2N7O/c1-21(2)40-13-11-26(12-14-40)33(34,35)27-10-8-9-25(19-27)23(5)36-30-28-20-29(42-17-15-41(16-18-42)22(3)4)32(43-7)39-31(28)38-24(6)37-30/h8-10,19-23,26H,11-18H2,1-7H3,(H,36,37,38,39)/t23-/m1/s1. The maximum atomic E-state index is 15.8. The molecule has 8 nitrogen and oxygen atoms in total. The highest BCUT2D eigenvalue weighted by atomic mass is 19.3. The Bertz CT molecular complexity index is 1400. The number of piperidine rings is 1. The predicted octanol–water partition coefficient (Wildman–Crippen LogP) is 6.26. The van der Waals surface area contributed by atoms with Crippen LogP contribution in [0.5, 0.6) is 5.88 Å². The molecule has 2 fully saturated rings. The van der Waals surface area contributed by atoms with Crippen LogP contribution in [0, 0.1) is 12.8 Å². The number of methoxy groups -OCH3 is 1. The van der Waals surface area contributed by atoms with Gasteiger partial charge in [0.25, 0.3) is 5.92 Å². The number of aromatic nitrogens is 3.